The summed E-state index contributed by atoms with van der Waals surface area (Å²) in [5, 5.41) is 3.14. The first-order valence-corrected chi connectivity index (χ1v) is 6.48. The van der Waals surface area contributed by atoms with Crippen molar-refractivity contribution in [2.45, 2.75) is 6.92 Å². The minimum Gasteiger partial charge on any atom is -0.465 e. The number of aromatic nitrogens is 1. The number of hydrogen-bond donors (Lipinski definition) is 1. The maximum Gasteiger partial charge on any atom is 0.351 e. The van der Waals surface area contributed by atoms with Crippen molar-refractivity contribution in [2.24, 2.45) is 0 Å². The molecule has 0 aliphatic heterocycles. The van der Waals surface area contributed by atoms with Gasteiger partial charge >= 0.3 is 5.97 Å². The highest BCUT2D eigenvalue weighted by molar-refractivity contribution is 7.18. The summed E-state index contributed by atoms with van der Waals surface area (Å²) < 4.78 is 18.2. The molecule has 0 aliphatic carbocycles. The quantitative estimate of drug-likeness (QED) is 0.877. The van der Waals surface area contributed by atoms with E-state index in [1.54, 1.807) is 19.1 Å². The number of ether oxygens (including phenoxy) is 1. The zero-order valence-corrected chi connectivity index (χ0v) is 11.7. The van der Waals surface area contributed by atoms with E-state index in [9.17, 15) is 9.18 Å². The van der Waals surface area contributed by atoms with E-state index in [0.717, 1.165) is 16.9 Å². The van der Waals surface area contributed by atoms with Crippen LogP contribution in [0.1, 0.15) is 15.2 Å². The molecule has 0 unspecified atom stereocenters. The molecule has 1 heterocycles. The van der Waals surface area contributed by atoms with Crippen LogP contribution in [0.2, 0.25) is 5.15 Å². The number of nitrogens with zero attached hydrogens (tertiary/aromatic N) is 1. The van der Waals surface area contributed by atoms with Gasteiger partial charge in [-0.1, -0.05) is 29.0 Å². The lowest BCUT2D eigenvalue weighted by molar-refractivity contribution is 0.0606. The molecule has 0 spiro atoms. The van der Waals surface area contributed by atoms with Crippen molar-refractivity contribution < 1.29 is 13.9 Å². The van der Waals surface area contributed by atoms with Crippen LogP contribution in [0.25, 0.3) is 0 Å². The number of carbonyl (C=O) groups excluding carboxylic acids is 1. The highest BCUT2D eigenvalue weighted by atomic mass is 35.5. The van der Waals surface area contributed by atoms with Gasteiger partial charge in [-0.2, -0.15) is 0 Å². The van der Waals surface area contributed by atoms with E-state index in [1.165, 1.54) is 13.2 Å². The van der Waals surface area contributed by atoms with E-state index >= 15 is 0 Å². The molecule has 0 atom stereocenters. The van der Waals surface area contributed by atoms with E-state index < -0.39 is 11.8 Å². The van der Waals surface area contributed by atoms with Gasteiger partial charge in [-0.15, -0.1) is 0 Å². The average molecular weight is 301 g/mol. The predicted molar refractivity (Wildman–Crippen MR) is 72.9 cm³/mol. The van der Waals surface area contributed by atoms with Gasteiger partial charge in [-0.05, 0) is 24.6 Å². The van der Waals surface area contributed by atoms with E-state index in [-0.39, 0.29) is 15.7 Å². The summed E-state index contributed by atoms with van der Waals surface area (Å²) in [6.07, 6.45) is 0. The monoisotopic (exact) mass is 300 g/mol. The highest BCUT2D eigenvalue weighted by Crippen LogP contribution is 2.30. The van der Waals surface area contributed by atoms with Crippen molar-refractivity contribution in [1.29, 1.82) is 0 Å². The summed E-state index contributed by atoms with van der Waals surface area (Å²) in [4.78, 5) is 15.5. The molecule has 1 aromatic carbocycles. The van der Waals surface area contributed by atoms with Crippen LogP contribution < -0.4 is 5.32 Å². The van der Waals surface area contributed by atoms with Crippen molar-refractivity contribution >= 4 is 39.7 Å². The number of esters is 1. The summed E-state index contributed by atoms with van der Waals surface area (Å²) in [5.41, 5.74) is 1.09. The molecular formula is C12H10ClFN2O2S. The summed E-state index contributed by atoms with van der Waals surface area (Å²) in [7, 11) is 1.26. The third kappa shape index (κ3) is 3.02. The van der Waals surface area contributed by atoms with Gasteiger partial charge in [0.2, 0.25) is 0 Å². The summed E-state index contributed by atoms with van der Waals surface area (Å²) in [5.74, 6) is -0.967. The van der Waals surface area contributed by atoms with Crippen LogP contribution in [0.4, 0.5) is 15.2 Å². The second kappa shape index (κ2) is 5.54. The van der Waals surface area contributed by atoms with Crippen molar-refractivity contribution in [1.82, 2.24) is 4.98 Å². The zero-order valence-electron chi connectivity index (χ0n) is 10.2. The maximum absolute atomic E-state index is 13.7. The van der Waals surface area contributed by atoms with E-state index in [4.69, 9.17) is 11.6 Å². The van der Waals surface area contributed by atoms with Gasteiger partial charge < -0.3 is 10.1 Å². The number of methoxy groups -OCH3 is 1. The van der Waals surface area contributed by atoms with Gasteiger partial charge in [-0.3, -0.25) is 0 Å². The lowest BCUT2D eigenvalue weighted by atomic mass is 10.2. The number of anilines is 2. The van der Waals surface area contributed by atoms with Gasteiger partial charge in [0, 0.05) is 0 Å². The van der Waals surface area contributed by atoms with Gasteiger partial charge in [0.15, 0.2) is 15.2 Å². The molecule has 1 N–H and O–H groups in total. The Hall–Kier alpha value is -1.66. The second-order valence-corrected chi connectivity index (χ2v) is 5.10. The number of rotatable bonds is 3. The smallest absolute Gasteiger partial charge is 0.351 e. The molecule has 0 aliphatic rings. The Morgan fingerprint density at radius 1 is 1.53 bits per heavy atom. The molecule has 2 aromatic rings. The molecule has 0 saturated carbocycles. The number of nitrogens with one attached hydrogen (secondary N) is 1. The number of benzene rings is 1. The topological polar surface area (TPSA) is 51.2 Å². The number of hydrogen-bond acceptors (Lipinski definition) is 5. The molecule has 1 aromatic heterocycles. The third-order valence-corrected chi connectivity index (χ3v) is 3.66. The Kier molecular flexibility index (Phi) is 4.01. The van der Waals surface area contributed by atoms with Crippen molar-refractivity contribution in [3.8, 4) is 0 Å². The van der Waals surface area contributed by atoms with Crippen LogP contribution in [0.5, 0.6) is 0 Å². The molecule has 19 heavy (non-hydrogen) atoms. The summed E-state index contributed by atoms with van der Waals surface area (Å²) >= 11 is 6.82. The number of thiazole rings is 1. The van der Waals surface area contributed by atoms with Crippen LogP contribution in [-0.4, -0.2) is 18.1 Å². The van der Waals surface area contributed by atoms with Gasteiger partial charge in [-0.25, -0.2) is 14.2 Å². The van der Waals surface area contributed by atoms with Crippen molar-refractivity contribution in [2.75, 3.05) is 12.4 Å². The lowest BCUT2D eigenvalue weighted by Gasteiger charge is -2.04. The molecular weight excluding hydrogens is 291 g/mol. The first kappa shape index (κ1) is 13.8. The first-order valence-electron chi connectivity index (χ1n) is 5.29. The molecule has 0 saturated heterocycles. The predicted octanol–water partition coefficient (Wildman–Crippen LogP) is 3.77. The Labute approximate surface area is 118 Å². The average Bonchev–Trinajstić information content (AvgIpc) is 2.73. The fraction of sp³-hybridized carbons (Fsp3) is 0.167. The summed E-state index contributed by atoms with van der Waals surface area (Å²) in [6.45, 7) is 1.79. The van der Waals surface area contributed by atoms with Crippen LogP contribution in [0, 0.1) is 12.7 Å². The normalized spacial score (nSPS) is 10.3. The van der Waals surface area contributed by atoms with E-state index in [1.807, 2.05) is 0 Å². The fourth-order valence-corrected chi connectivity index (χ4v) is 2.53. The SMILES string of the molecule is COC(=O)c1sc(Nc2ccc(C)cc2F)nc1Cl. The fourth-order valence-electron chi connectivity index (χ4n) is 1.41. The Bertz CT molecular complexity index is 630. The Morgan fingerprint density at radius 2 is 2.26 bits per heavy atom. The summed E-state index contributed by atoms with van der Waals surface area (Å²) in [6, 6.07) is 4.76. The molecule has 7 heteroatoms. The molecule has 2 rings (SSSR count). The number of carbonyl (C=O) groups is 1. The largest absolute Gasteiger partial charge is 0.465 e. The molecule has 0 bridgehead atoms. The van der Waals surface area contributed by atoms with Crippen molar-refractivity contribution in [3.63, 3.8) is 0 Å². The minimum absolute atomic E-state index is 0.0341. The van der Waals surface area contributed by atoms with Crippen LogP contribution >= 0.6 is 22.9 Å². The maximum atomic E-state index is 13.7. The molecule has 100 valence electrons. The lowest BCUT2D eigenvalue weighted by Crippen LogP contribution is -1.98. The standard InChI is InChI=1S/C12H10ClFN2O2S/c1-6-3-4-8(7(14)5-6)15-12-16-10(13)9(19-12)11(17)18-2/h3-5H,1-2H3,(H,15,16). The number of aryl methyl sites for hydroxylation is 1. The van der Waals surface area contributed by atoms with Gasteiger partial charge in [0.1, 0.15) is 5.82 Å². The zero-order chi connectivity index (χ0) is 14.0. The van der Waals surface area contributed by atoms with E-state index in [2.05, 4.69) is 15.0 Å². The molecule has 0 amide bonds. The van der Waals surface area contributed by atoms with Crippen LogP contribution in [-0.2, 0) is 4.74 Å². The molecule has 0 radical (unpaired) electrons. The Morgan fingerprint density at radius 3 is 2.89 bits per heavy atom. The van der Waals surface area contributed by atoms with Crippen molar-refractivity contribution in [3.05, 3.63) is 39.6 Å². The van der Waals surface area contributed by atoms with Crippen LogP contribution in [0.3, 0.4) is 0 Å². The van der Waals surface area contributed by atoms with Crippen LogP contribution in [0.15, 0.2) is 18.2 Å². The minimum atomic E-state index is -0.570. The van der Waals surface area contributed by atoms with Gasteiger partial charge in [0.05, 0.1) is 12.8 Å². The first-order chi connectivity index (χ1) is 9.01. The molecule has 4 nitrogen and oxygen atoms in total. The van der Waals surface area contributed by atoms with Gasteiger partial charge in [0.25, 0.3) is 0 Å². The second-order valence-electron chi connectivity index (χ2n) is 3.74. The molecule has 0 fully saturated rings. The van der Waals surface area contributed by atoms with E-state index in [0.29, 0.717) is 5.13 Å². The highest BCUT2D eigenvalue weighted by Gasteiger charge is 2.17. The third-order valence-electron chi connectivity index (χ3n) is 2.32. The Balaban J connectivity index is 2.26. The number of halogens is 2.